The molecule has 0 bridgehead atoms. The van der Waals surface area contributed by atoms with E-state index in [4.69, 9.17) is 5.11 Å². The first-order valence-electron chi connectivity index (χ1n) is 6.10. The lowest BCUT2D eigenvalue weighted by molar-refractivity contribution is 0.106. The first-order chi connectivity index (χ1) is 8.65. The maximum absolute atomic E-state index is 10.8. The van der Waals surface area contributed by atoms with Gasteiger partial charge in [0, 0.05) is 37.2 Å². The maximum Gasteiger partial charge on any atom is 0.407 e. The number of carbonyl (C=O) groups is 1. The highest BCUT2D eigenvalue weighted by Crippen LogP contribution is 2.12. The van der Waals surface area contributed by atoms with E-state index in [0.717, 1.165) is 30.5 Å². The molecule has 1 fully saturated rings. The summed E-state index contributed by atoms with van der Waals surface area (Å²) >= 11 is 3.47. The van der Waals surface area contributed by atoms with E-state index in [1.54, 1.807) is 0 Å². The Hall–Kier alpha value is -1.07. The van der Waals surface area contributed by atoms with E-state index in [0.29, 0.717) is 13.1 Å². The molecule has 98 valence electrons. The first-order valence-corrected chi connectivity index (χ1v) is 6.89. The van der Waals surface area contributed by atoms with Gasteiger partial charge in [-0.2, -0.15) is 0 Å². The molecule has 2 rings (SSSR count). The molecule has 1 aromatic rings. The van der Waals surface area contributed by atoms with Gasteiger partial charge < -0.3 is 10.0 Å². The molecule has 0 atom stereocenters. The molecule has 1 aliphatic heterocycles. The van der Waals surface area contributed by atoms with E-state index in [9.17, 15) is 4.79 Å². The van der Waals surface area contributed by atoms with Crippen LogP contribution in [0, 0.1) is 0 Å². The monoisotopic (exact) mass is 312 g/mol. The minimum Gasteiger partial charge on any atom is -0.465 e. The van der Waals surface area contributed by atoms with Gasteiger partial charge in [0.25, 0.3) is 0 Å². The molecular weight excluding hydrogens is 296 g/mol. The predicted octanol–water partition coefficient (Wildman–Crippen LogP) is 2.29. The van der Waals surface area contributed by atoms with Gasteiger partial charge in [-0.1, -0.05) is 28.1 Å². The van der Waals surface area contributed by atoms with Gasteiger partial charge in [-0.25, -0.2) is 4.79 Å². The molecule has 1 N–H and O–H groups in total. The highest BCUT2D eigenvalue weighted by Gasteiger charge is 2.19. The van der Waals surface area contributed by atoms with Gasteiger partial charge in [-0.05, 0) is 24.1 Å². The molecule has 1 saturated heterocycles. The Balaban J connectivity index is 1.77. The van der Waals surface area contributed by atoms with Gasteiger partial charge in [-0.3, -0.25) is 4.90 Å². The Morgan fingerprint density at radius 2 is 2.00 bits per heavy atom. The number of nitrogens with zero attached hydrogens (tertiary/aromatic N) is 2. The van der Waals surface area contributed by atoms with E-state index in [-0.39, 0.29) is 0 Å². The van der Waals surface area contributed by atoms with Crippen LogP contribution in [-0.4, -0.2) is 53.7 Å². The standard InChI is InChI=1S/C13H17BrN2O2/c14-12-3-1-2-11(10-12)4-5-15-6-8-16(9-7-15)13(17)18/h1-3,10H,4-9H2,(H,17,18). The zero-order valence-corrected chi connectivity index (χ0v) is 11.8. The summed E-state index contributed by atoms with van der Waals surface area (Å²) < 4.78 is 1.11. The minimum absolute atomic E-state index is 0.619. The van der Waals surface area contributed by atoms with Crippen LogP contribution in [0.2, 0.25) is 0 Å². The van der Waals surface area contributed by atoms with Crippen LogP contribution in [0.5, 0.6) is 0 Å². The van der Waals surface area contributed by atoms with Crippen LogP contribution >= 0.6 is 15.9 Å². The molecule has 18 heavy (non-hydrogen) atoms. The number of hydrogen-bond donors (Lipinski definition) is 1. The van der Waals surface area contributed by atoms with Crippen molar-refractivity contribution in [3.8, 4) is 0 Å². The Kier molecular flexibility index (Phi) is 4.60. The van der Waals surface area contributed by atoms with Gasteiger partial charge in [0.2, 0.25) is 0 Å². The third kappa shape index (κ3) is 3.71. The lowest BCUT2D eigenvalue weighted by Gasteiger charge is -2.33. The van der Waals surface area contributed by atoms with Crippen molar-refractivity contribution in [3.05, 3.63) is 34.3 Å². The number of benzene rings is 1. The number of carboxylic acid groups (broad SMARTS) is 1. The van der Waals surface area contributed by atoms with Gasteiger partial charge in [0.15, 0.2) is 0 Å². The minimum atomic E-state index is -0.804. The Morgan fingerprint density at radius 3 is 2.61 bits per heavy atom. The van der Waals surface area contributed by atoms with Gasteiger partial charge >= 0.3 is 6.09 Å². The van der Waals surface area contributed by atoms with Crippen molar-refractivity contribution in [3.63, 3.8) is 0 Å². The summed E-state index contributed by atoms with van der Waals surface area (Å²) in [6.45, 7) is 3.89. The van der Waals surface area contributed by atoms with Crippen LogP contribution in [-0.2, 0) is 6.42 Å². The summed E-state index contributed by atoms with van der Waals surface area (Å²) in [7, 11) is 0. The second-order valence-electron chi connectivity index (χ2n) is 4.49. The van der Waals surface area contributed by atoms with Crippen molar-refractivity contribution in [2.24, 2.45) is 0 Å². The second-order valence-corrected chi connectivity index (χ2v) is 5.41. The molecule has 5 heteroatoms. The molecule has 0 unspecified atom stereocenters. The van der Waals surface area contributed by atoms with Crippen molar-refractivity contribution in [1.82, 2.24) is 9.80 Å². The van der Waals surface area contributed by atoms with Crippen molar-refractivity contribution >= 4 is 22.0 Å². The van der Waals surface area contributed by atoms with Crippen LogP contribution < -0.4 is 0 Å². The summed E-state index contributed by atoms with van der Waals surface area (Å²) in [5.74, 6) is 0. The van der Waals surface area contributed by atoms with Crippen LogP contribution in [0.4, 0.5) is 4.79 Å². The van der Waals surface area contributed by atoms with E-state index in [1.807, 2.05) is 12.1 Å². The van der Waals surface area contributed by atoms with Crippen molar-refractivity contribution in [1.29, 1.82) is 0 Å². The lowest BCUT2D eigenvalue weighted by atomic mass is 10.1. The van der Waals surface area contributed by atoms with Crippen molar-refractivity contribution < 1.29 is 9.90 Å². The molecule has 1 aromatic carbocycles. The molecule has 0 radical (unpaired) electrons. The van der Waals surface area contributed by atoms with E-state index < -0.39 is 6.09 Å². The molecule has 0 aromatic heterocycles. The summed E-state index contributed by atoms with van der Waals surface area (Å²) in [4.78, 5) is 14.6. The Labute approximate surface area is 115 Å². The first kappa shape index (κ1) is 13.4. The zero-order valence-electron chi connectivity index (χ0n) is 10.2. The molecule has 4 nitrogen and oxygen atoms in total. The molecular formula is C13H17BrN2O2. The fraction of sp³-hybridized carbons (Fsp3) is 0.462. The highest BCUT2D eigenvalue weighted by atomic mass is 79.9. The lowest BCUT2D eigenvalue weighted by Crippen LogP contribution is -2.48. The maximum atomic E-state index is 10.8. The Bertz CT molecular complexity index is 417. The number of amides is 1. The predicted molar refractivity (Wildman–Crippen MR) is 73.9 cm³/mol. The third-order valence-electron chi connectivity index (χ3n) is 3.25. The molecule has 0 aliphatic carbocycles. The van der Waals surface area contributed by atoms with Crippen LogP contribution in [0.15, 0.2) is 28.7 Å². The van der Waals surface area contributed by atoms with Crippen molar-refractivity contribution in [2.45, 2.75) is 6.42 Å². The molecule has 1 aliphatic rings. The van der Waals surface area contributed by atoms with E-state index in [2.05, 4.69) is 33.0 Å². The van der Waals surface area contributed by atoms with E-state index in [1.165, 1.54) is 10.5 Å². The second kappa shape index (κ2) is 6.20. The fourth-order valence-corrected chi connectivity index (χ4v) is 2.59. The number of piperazine rings is 1. The highest BCUT2D eigenvalue weighted by molar-refractivity contribution is 9.10. The average molecular weight is 313 g/mol. The normalized spacial score (nSPS) is 16.8. The van der Waals surface area contributed by atoms with Crippen LogP contribution in [0.3, 0.4) is 0 Å². The van der Waals surface area contributed by atoms with Gasteiger partial charge in [0.1, 0.15) is 0 Å². The number of hydrogen-bond acceptors (Lipinski definition) is 2. The van der Waals surface area contributed by atoms with Crippen molar-refractivity contribution in [2.75, 3.05) is 32.7 Å². The summed E-state index contributed by atoms with van der Waals surface area (Å²) in [6, 6.07) is 8.32. The van der Waals surface area contributed by atoms with Crippen LogP contribution in [0.25, 0.3) is 0 Å². The van der Waals surface area contributed by atoms with Gasteiger partial charge in [0.05, 0.1) is 0 Å². The fourth-order valence-electron chi connectivity index (χ4n) is 2.14. The average Bonchev–Trinajstić information content (AvgIpc) is 2.37. The summed E-state index contributed by atoms with van der Waals surface area (Å²) in [5.41, 5.74) is 1.31. The number of rotatable bonds is 3. The smallest absolute Gasteiger partial charge is 0.407 e. The summed E-state index contributed by atoms with van der Waals surface area (Å²) in [5, 5.41) is 8.87. The van der Waals surface area contributed by atoms with E-state index >= 15 is 0 Å². The largest absolute Gasteiger partial charge is 0.465 e. The quantitative estimate of drug-likeness (QED) is 0.931. The van der Waals surface area contributed by atoms with Gasteiger partial charge in [-0.15, -0.1) is 0 Å². The SMILES string of the molecule is O=C(O)N1CCN(CCc2cccc(Br)c2)CC1. The number of halogens is 1. The molecule has 0 saturated carbocycles. The molecule has 0 spiro atoms. The third-order valence-corrected chi connectivity index (χ3v) is 3.74. The topological polar surface area (TPSA) is 43.8 Å². The Morgan fingerprint density at radius 1 is 1.28 bits per heavy atom. The summed E-state index contributed by atoms with van der Waals surface area (Å²) in [6.07, 6.45) is 0.202. The molecule has 1 amide bonds. The zero-order chi connectivity index (χ0) is 13.0. The molecule has 1 heterocycles. The van der Waals surface area contributed by atoms with Crippen LogP contribution in [0.1, 0.15) is 5.56 Å².